The van der Waals surface area contributed by atoms with Crippen LogP contribution in [0.1, 0.15) is 49.1 Å². The zero-order valence-corrected chi connectivity index (χ0v) is 12.0. The monoisotopic (exact) mass is 255 g/mol. The molecule has 3 fully saturated rings. The fourth-order valence-electron chi connectivity index (χ4n) is 5.50. The van der Waals surface area contributed by atoms with E-state index in [9.17, 15) is 0 Å². The second-order valence-corrected chi connectivity index (χ2v) is 7.23. The molecular weight excluding hydrogens is 230 g/mol. The minimum atomic E-state index is 0.641. The lowest BCUT2D eigenvalue weighted by Crippen LogP contribution is -2.46. The number of hydrogen-bond acceptors (Lipinski definition) is 1. The fourth-order valence-corrected chi connectivity index (χ4v) is 5.50. The van der Waals surface area contributed by atoms with E-state index in [1.54, 1.807) is 5.56 Å². The van der Waals surface area contributed by atoms with Crippen molar-refractivity contribution in [2.75, 3.05) is 13.1 Å². The van der Waals surface area contributed by atoms with E-state index in [1.165, 1.54) is 50.8 Å². The molecule has 1 spiro atoms. The number of rotatable bonds is 1. The lowest BCUT2D eigenvalue weighted by Gasteiger charge is -2.48. The molecule has 2 aliphatic carbocycles. The van der Waals surface area contributed by atoms with Crippen molar-refractivity contribution in [3.8, 4) is 0 Å². The largest absolute Gasteiger partial charge is 0.316 e. The number of benzene rings is 1. The first-order valence-corrected chi connectivity index (χ1v) is 8.05. The Bertz CT molecular complexity index is 480. The van der Waals surface area contributed by atoms with Crippen LogP contribution in [-0.4, -0.2) is 13.1 Å². The Morgan fingerprint density at radius 3 is 2.95 bits per heavy atom. The first kappa shape index (κ1) is 12.0. The van der Waals surface area contributed by atoms with Crippen molar-refractivity contribution in [3.05, 3.63) is 35.4 Å². The third-order valence-electron chi connectivity index (χ3n) is 6.28. The lowest BCUT2D eigenvalue weighted by atomic mass is 9.59. The quantitative estimate of drug-likeness (QED) is 0.803. The van der Waals surface area contributed by atoms with E-state index in [4.69, 9.17) is 0 Å². The Balaban J connectivity index is 1.72. The average molecular weight is 255 g/mol. The normalized spacial score (nSPS) is 41.0. The third kappa shape index (κ3) is 1.78. The summed E-state index contributed by atoms with van der Waals surface area (Å²) in [5.74, 6) is 2.83. The van der Waals surface area contributed by atoms with Gasteiger partial charge >= 0.3 is 0 Å². The van der Waals surface area contributed by atoms with Crippen molar-refractivity contribution in [1.82, 2.24) is 5.32 Å². The Labute approximate surface area is 116 Å². The molecule has 1 saturated heterocycles. The van der Waals surface area contributed by atoms with Crippen LogP contribution < -0.4 is 5.32 Å². The molecule has 4 unspecified atom stereocenters. The first-order valence-electron chi connectivity index (χ1n) is 8.05. The van der Waals surface area contributed by atoms with Gasteiger partial charge in [0.2, 0.25) is 0 Å². The van der Waals surface area contributed by atoms with Crippen LogP contribution in [0.2, 0.25) is 0 Å². The molecule has 4 atom stereocenters. The van der Waals surface area contributed by atoms with E-state index in [0.29, 0.717) is 5.41 Å². The van der Waals surface area contributed by atoms with Crippen LogP contribution in [0.15, 0.2) is 24.3 Å². The van der Waals surface area contributed by atoms with Gasteiger partial charge in [0, 0.05) is 12.5 Å². The molecule has 1 nitrogen and oxygen atoms in total. The molecule has 0 radical (unpaired) electrons. The van der Waals surface area contributed by atoms with Gasteiger partial charge in [0.05, 0.1) is 0 Å². The first-order chi connectivity index (χ1) is 9.28. The predicted molar refractivity (Wildman–Crippen MR) is 79.3 cm³/mol. The summed E-state index contributed by atoms with van der Waals surface area (Å²) < 4.78 is 0. The van der Waals surface area contributed by atoms with Gasteiger partial charge in [-0.15, -0.1) is 0 Å². The fraction of sp³-hybridized carbons (Fsp3) is 0.667. The lowest BCUT2D eigenvalue weighted by molar-refractivity contribution is 0.0819. The van der Waals surface area contributed by atoms with Crippen LogP contribution in [0.25, 0.3) is 0 Å². The highest BCUT2D eigenvalue weighted by molar-refractivity contribution is 5.30. The molecule has 19 heavy (non-hydrogen) atoms. The topological polar surface area (TPSA) is 12.0 Å². The van der Waals surface area contributed by atoms with E-state index >= 15 is 0 Å². The molecule has 1 aromatic rings. The van der Waals surface area contributed by atoms with E-state index in [1.807, 2.05) is 0 Å². The zero-order chi connectivity index (χ0) is 12.9. The van der Waals surface area contributed by atoms with Crippen LogP contribution in [-0.2, 0) is 0 Å². The summed E-state index contributed by atoms with van der Waals surface area (Å²) in [5, 5.41) is 3.66. The zero-order valence-electron chi connectivity index (χ0n) is 12.0. The van der Waals surface area contributed by atoms with Gasteiger partial charge in [-0.1, -0.05) is 36.2 Å². The van der Waals surface area contributed by atoms with E-state index in [2.05, 4.69) is 36.5 Å². The highest BCUT2D eigenvalue weighted by Gasteiger charge is 2.55. The van der Waals surface area contributed by atoms with Gasteiger partial charge in [-0.3, -0.25) is 0 Å². The van der Waals surface area contributed by atoms with Gasteiger partial charge in [-0.2, -0.15) is 0 Å². The SMILES string of the molecule is Cc1cccc(C2CNCCC23CC2CCC3C2)c1. The van der Waals surface area contributed by atoms with Crippen molar-refractivity contribution >= 4 is 0 Å². The summed E-state index contributed by atoms with van der Waals surface area (Å²) in [6.45, 7) is 4.67. The molecule has 0 amide bonds. The summed E-state index contributed by atoms with van der Waals surface area (Å²) in [6.07, 6.45) is 7.47. The molecule has 0 aromatic heterocycles. The molecule has 3 aliphatic rings. The minimum Gasteiger partial charge on any atom is -0.316 e. The molecule has 1 aromatic carbocycles. The van der Waals surface area contributed by atoms with Gasteiger partial charge in [-0.05, 0) is 62.0 Å². The second kappa shape index (κ2) is 4.34. The Kier molecular flexibility index (Phi) is 2.73. The van der Waals surface area contributed by atoms with Crippen LogP contribution in [0.4, 0.5) is 0 Å². The van der Waals surface area contributed by atoms with E-state index in [-0.39, 0.29) is 0 Å². The summed E-state index contributed by atoms with van der Waals surface area (Å²) in [6, 6.07) is 9.29. The van der Waals surface area contributed by atoms with Gasteiger partial charge in [0.1, 0.15) is 0 Å². The third-order valence-corrected chi connectivity index (χ3v) is 6.28. The smallest absolute Gasteiger partial charge is 0.00256 e. The molecule has 1 aliphatic heterocycles. The summed E-state index contributed by atoms with van der Waals surface area (Å²) in [5.41, 5.74) is 3.66. The van der Waals surface area contributed by atoms with Crippen LogP contribution >= 0.6 is 0 Å². The second-order valence-electron chi connectivity index (χ2n) is 7.23. The maximum Gasteiger partial charge on any atom is 0.00256 e. The summed E-state index contributed by atoms with van der Waals surface area (Å²) in [4.78, 5) is 0. The molecule has 1 heteroatoms. The molecule has 1 heterocycles. The van der Waals surface area contributed by atoms with Gasteiger partial charge in [0.25, 0.3) is 0 Å². The number of hydrogen-bond donors (Lipinski definition) is 1. The van der Waals surface area contributed by atoms with Gasteiger partial charge in [-0.25, -0.2) is 0 Å². The molecular formula is C18H25N. The highest BCUT2D eigenvalue weighted by Crippen LogP contribution is 2.63. The van der Waals surface area contributed by atoms with E-state index in [0.717, 1.165) is 17.8 Å². The molecule has 102 valence electrons. The van der Waals surface area contributed by atoms with Crippen molar-refractivity contribution < 1.29 is 0 Å². The molecule has 2 saturated carbocycles. The Morgan fingerprint density at radius 1 is 1.26 bits per heavy atom. The van der Waals surface area contributed by atoms with Crippen molar-refractivity contribution in [2.24, 2.45) is 17.3 Å². The molecule has 4 rings (SSSR count). The number of piperidine rings is 1. The van der Waals surface area contributed by atoms with Crippen molar-refractivity contribution in [2.45, 2.75) is 44.9 Å². The Hall–Kier alpha value is -0.820. The maximum atomic E-state index is 3.66. The molecule has 2 bridgehead atoms. The van der Waals surface area contributed by atoms with Crippen molar-refractivity contribution in [1.29, 1.82) is 0 Å². The van der Waals surface area contributed by atoms with Gasteiger partial charge < -0.3 is 5.32 Å². The van der Waals surface area contributed by atoms with E-state index < -0.39 is 0 Å². The number of fused-ring (bicyclic) bond motifs is 3. The summed E-state index contributed by atoms with van der Waals surface area (Å²) in [7, 11) is 0. The predicted octanol–water partition coefficient (Wildman–Crippen LogP) is 3.88. The Morgan fingerprint density at radius 2 is 2.21 bits per heavy atom. The van der Waals surface area contributed by atoms with Crippen LogP contribution in [0.5, 0.6) is 0 Å². The maximum absolute atomic E-state index is 3.66. The highest BCUT2D eigenvalue weighted by atomic mass is 14.9. The van der Waals surface area contributed by atoms with Gasteiger partial charge in [0.15, 0.2) is 0 Å². The van der Waals surface area contributed by atoms with Crippen molar-refractivity contribution in [3.63, 3.8) is 0 Å². The number of nitrogens with one attached hydrogen (secondary N) is 1. The minimum absolute atomic E-state index is 0.641. The molecule has 1 N–H and O–H groups in total. The summed E-state index contributed by atoms with van der Waals surface area (Å²) >= 11 is 0. The van der Waals surface area contributed by atoms with Crippen LogP contribution in [0, 0.1) is 24.2 Å². The van der Waals surface area contributed by atoms with Crippen LogP contribution in [0.3, 0.4) is 0 Å². The standard InChI is InChI=1S/C18H25N/c1-13-3-2-4-15(9-13)17-12-19-8-7-18(17)11-14-5-6-16(18)10-14/h2-4,9,14,16-17,19H,5-8,10-12H2,1H3. The average Bonchev–Trinajstić information content (AvgIpc) is 3.00. The number of aryl methyl sites for hydroxylation is 1.